The zero-order valence-corrected chi connectivity index (χ0v) is 20.9. The topological polar surface area (TPSA) is 47.2 Å². The van der Waals surface area contributed by atoms with Gasteiger partial charge in [0.15, 0.2) is 0 Å². The van der Waals surface area contributed by atoms with Gasteiger partial charge in [-0.2, -0.15) is 0 Å². The fraction of sp³-hybridized carbons (Fsp3) is 0.552. The molecule has 190 valence electrons. The standard InChI is InChI=1S/C29H35F2N5/c1-18-11-23-22-5-2-3-6-25(22)34-26(23)28(36(18)29-8-7-19(13-29)14-29)27-24(31)12-20(15-32-27)33-21-16-35(17-21)10-4-9-30/h2-3,5-6,12,15,18-19,21,28,33-34H,4,7-11,13-14,16-17H2,1H3/t18-,19?,28+,29?/m1/s1. The molecule has 3 aromatic rings. The average molecular weight is 492 g/mol. The molecule has 5 aliphatic rings. The molecule has 2 atom stereocenters. The molecule has 3 aliphatic carbocycles. The van der Waals surface area contributed by atoms with E-state index in [2.05, 4.69) is 51.3 Å². The summed E-state index contributed by atoms with van der Waals surface area (Å²) in [5, 5.41) is 4.68. The number of hydrogen-bond acceptors (Lipinski definition) is 4. The van der Waals surface area contributed by atoms with Gasteiger partial charge >= 0.3 is 0 Å². The van der Waals surface area contributed by atoms with Crippen LogP contribution in [0.3, 0.4) is 0 Å². The number of aromatic nitrogens is 2. The van der Waals surface area contributed by atoms with Gasteiger partial charge < -0.3 is 10.3 Å². The number of pyridine rings is 1. The number of halogens is 2. The molecule has 2 N–H and O–H groups in total. The van der Waals surface area contributed by atoms with Gasteiger partial charge in [0.2, 0.25) is 0 Å². The van der Waals surface area contributed by atoms with Crippen LogP contribution in [-0.4, -0.2) is 63.7 Å². The van der Waals surface area contributed by atoms with Crippen LogP contribution >= 0.6 is 0 Å². The molecular formula is C29H35F2N5. The van der Waals surface area contributed by atoms with E-state index in [0.29, 0.717) is 18.2 Å². The van der Waals surface area contributed by atoms with Gasteiger partial charge in [0.1, 0.15) is 5.82 Å². The Bertz CT molecular complexity index is 1270. The lowest BCUT2D eigenvalue weighted by Gasteiger charge is -2.55. The molecule has 2 aromatic heterocycles. The SMILES string of the molecule is C[C@@H]1Cc2c([nH]c3ccccc23)[C@@H](c2ncc(NC3CN(CCCF)C3)cc2F)N1C12CCC(C1)C2. The molecule has 2 aliphatic heterocycles. The Morgan fingerprint density at radius 3 is 2.81 bits per heavy atom. The van der Waals surface area contributed by atoms with E-state index in [4.69, 9.17) is 4.98 Å². The Morgan fingerprint density at radius 2 is 2.06 bits per heavy atom. The molecule has 0 spiro atoms. The van der Waals surface area contributed by atoms with Crippen LogP contribution in [0.25, 0.3) is 10.9 Å². The summed E-state index contributed by atoms with van der Waals surface area (Å²) in [6.45, 7) is 4.55. The molecule has 3 saturated carbocycles. The Morgan fingerprint density at radius 1 is 1.22 bits per heavy atom. The van der Waals surface area contributed by atoms with Crippen molar-refractivity contribution in [2.45, 2.75) is 69.1 Å². The molecule has 7 heteroatoms. The first-order chi connectivity index (χ1) is 17.5. The number of hydrogen-bond donors (Lipinski definition) is 2. The summed E-state index contributed by atoms with van der Waals surface area (Å²) in [6.07, 6.45) is 8.30. The van der Waals surface area contributed by atoms with Gasteiger partial charge in [0.05, 0.1) is 36.3 Å². The lowest BCUT2D eigenvalue weighted by atomic mass is 9.72. The third-order valence-corrected chi connectivity index (χ3v) is 9.34. The summed E-state index contributed by atoms with van der Waals surface area (Å²) in [4.78, 5) is 13.3. The van der Waals surface area contributed by atoms with Crippen molar-refractivity contribution in [3.8, 4) is 0 Å². The van der Waals surface area contributed by atoms with Crippen molar-refractivity contribution < 1.29 is 8.78 Å². The minimum absolute atomic E-state index is 0.170. The number of fused-ring (bicyclic) bond motifs is 4. The molecule has 36 heavy (non-hydrogen) atoms. The highest BCUT2D eigenvalue weighted by atomic mass is 19.1. The smallest absolute Gasteiger partial charge is 0.148 e. The molecule has 2 bridgehead atoms. The van der Waals surface area contributed by atoms with E-state index in [9.17, 15) is 4.39 Å². The number of alkyl halides is 1. The van der Waals surface area contributed by atoms with Gasteiger partial charge in [-0.15, -0.1) is 0 Å². The fourth-order valence-electron chi connectivity index (χ4n) is 7.80. The van der Waals surface area contributed by atoms with Crippen LogP contribution in [0, 0.1) is 11.7 Å². The molecule has 8 rings (SSSR count). The molecule has 0 unspecified atom stereocenters. The third kappa shape index (κ3) is 3.50. The monoisotopic (exact) mass is 491 g/mol. The van der Waals surface area contributed by atoms with E-state index < -0.39 is 0 Å². The quantitative estimate of drug-likeness (QED) is 0.462. The van der Waals surface area contributed by atoms with Crippen LogP contribution in [-0.2, 0) is 6.42 Å². The van der Waals surface area contributed by atoms with E-state index in [0.717, 1.165) is 48.9 Å². The number of aromatic amines is 1. The summed E-state index contributed by atoms with van der Waals surface area (Å²) in [5.41, 5.74) is 4.98. The summed E-state index contributed by atoms with van der Waals surface area (Å²) < 4.78 is 28.4. The number of benzene rings is 1. The predicted octanol–water partition coefficient (Wildman–Crippen LogP) is 5.44. The van der Waals surface area contributed by atoms with E-state index >= 15 is 4.39 Å². The molecule has 4 fully saturated rings. The lowest BCUT2D eigenvalue weighted by molar-refractivity contribution is -0.0359. The summed E-state index contributed by atoms with van der Waals surface area (Å²) in [7, 11) is 0. The Hall–Kier alpha value is -2.51. The van der Waals surface area contributed by atoms with Gasteiger partial charge in [-0.25, -0.2) is 4.39 Å². The van der Waals surface area contributed by atoms with Gasteiger partial charge in [0.25, 0.3) is 0 Å². The van der Waals surface area contributed by atoms with Crippen molar-refractivity contribution in [3.05, 3.63) is 59.3 Å². The zero-order chi connectivity index (χ0) is 24.4. The Labute approximate surface area is 211 Å². The molecule has 1 saturated heterocycles. The normalized spacial score (nSPS) is 30.2. The zero-order valence-electron chi connectivity index (χ0n) is 20.9. The second-order valence-corrected chi connectivity index (χ2v) is 11.7. The number of anilines is 1. The van der Waals surface area contributed by atoms with Gasteiger partial charge in [-0.05, 0) is 63.0 Å². The van der Waals surface area contributed by atoms with Crippen LogP contribution in [0.5, 0.6) is 0 Å². The summed E-state index contributed by atoms with van der Waals surface area (Å²) in [5.74, 6) is 0.589. The minimum atomic E-state index is -0.276. The van der Waals surface area contributed by atoms with Crippen LogP contribution in [0.4, 0.5) is 14.5 Å². The third-order valence-electron chi connectivity index (χ3n) is 9.34. The predicted molar refractivity (Wildman–Crippen MR) is 138 cm³/mol. The summed E-state index contributed by atoms with van der Waals surface area (Å²) in [6, 6.07) is 10.5. The van der Waals surface area contributed by atoms with Gasteiger partial charge in [-0.3, -0.25) is 19.2 Å². The number of para-hydroxylation sites is 1. The van der Waals surface area contributed by atoms with Crippen LogP contribution in [0.2, 0.25) is 0 Å². The number of H-pyrrole nitrogens is 1. The maximum absolute atomic E-state index is 15.9. The van der Waals surface area contributed by atoms with Crippen LogP contribution in [0.1, 0.15) is 62.0 Å². The first-order valence-electron chi connectivity index (χ1n) is 13.6. The fourth-order valence-corrected chi connectivity index (χ4v) is 7.80. The first-order valence-corrected chi connectivity index (χ1v) is 13.6. The maximum Gasteiger partial charge on any atom is 0.148 e. The maximum atomic E-state index is 15.9. The van der Waals surface area contributed by atoms with E-state index in [1.807, 2.05) is 0 Å². The van der Waals surface area contributed by atoms with Crippen molar-refractivity contribution in [1.82, 2.24) is 19.8 Å². The van der Waals surface area contributed by atoms with Crippen molar-refractivity contribution in [2.24, 2.45) is 5.92 Å². The second-order valence-electron chi connectivity index (χ2n) is 11.7. The van der Waals surface area contributed by atoms with Gasteiger partial charge in [-0.1, -0.05) is 18.2 Å². The largest absolute Gasteiger partial charge is 0.378 e. The van der Waals surface area contributed by atoms with E-state index in [1.54, 1.807) is 12.3 Å². The second kappa shape index (κ2) is 8.52. The molecule has 4 heterocycles. The summed E-state index contributed by atoms with van der Waals surface area (Å²) >= 11 is 0. The average Bonchev–Trinajstić information content (AvgIpc) is 3.53. The number of rotatable bonds is 7. The first kappa shape index (κ1) is 22.7. The number of nitrogens with one attached hydrogen (secondary N) is 2. The molecule has 0 radical (unpaired) electrons. The van der Waals surface area contributed by atoms with E-state index in [-0.39, 0.29) is 30.1 Å². The number of nitrogens with zero attached hydrogens (tertiary/aromatic N) is 3. The van der Waals surface area contributed by atoms with Crippen molar-refractivity contribution in [1.29, 1.82) is 0 Å². The Kier molecular flexibility index (Phi) is 5.37. The van der Waals surface area contributed by atoms with Crippen molar-refractivity contribution in [2.75, 3.05) is 31.6 Å². The molecule has 1 aromatic carbocycles. The highest BCUT2D eigenvalue weighted by Crippen LogP contribution is 2.60. The van der Waals surface area contributed by atoms with Crippen molar-refractivity contribution >= 4 is 16.6 Å². The van der Waals surface area contributed by atoms with Crippen LogP contribution < -0.4 is 5.32 Å². The molecular weight excluding hydrogens is 456 g/mol. The highest BCUT2D eigenvalue weighted by Gasteiger charge is 2.58. The minimum Gasteiger partial charge on any atom is -0.378 e. The highest BCUT2D eigenvalue weighted by molar-refractivity contribution is 5.85. The number of likely N-dealkylation sites (tertiary alicyclic amines) is 1. The van der Waals surface area contributed by atoms with Crippen molar-refractivity contribution in [3.63, 3.8) is 0 Å². The van der Waals surface area contributed by atoms with E-state index in [1.165, 1.54) is 36.6 Å². The van der Waals surface area contributed by atoms with Gasteiger partial charge in [0, 0.05) is 53.9 Å². The lowest BCUT2D eigenvalue weighted by Crippen LogP contribution is -2.59. The Balaban J connectivity index is 1.22. The molecule has 0 amide bonds. The molecule has 5 nitrogen and oxygen atoms in total. The van der Waals surface area contributed by atoms with Crippen LogP contribution in [0.15, 0.2) is 36.5 Å².